The maximum absolute atomic E-state index is 11.7. The molecule has 0 aliphatic heterocycles. The predicted molar refractivity (Wildman–Crippen MR) is 103 cm³/mol. The Morgan fingerprint density at radius 3 is 1.83 bits per heavy atom. The van der Waals surface area contributed by atoms with Crippen molar-refractivity contribution in [2.75, 3.05) is 19.3 Å². The predicted octanol–water partition coefficient (Wildman–Crippen LogP) is 5.31. The van der Waals surface area contributed by atoms with Gasteiger partial charge in [0.25, 0.3) is 0 Å². The molecule has 0 unspecified atom stereocenters. The number of unbranched alkanes of at least 4 members (excludes halogenated alkanes) is 6. The summed E-state index contributed by atoms with van der Waals surface area (Å²) in [5, 5.41) is 0. The monoisotopic (exact) mass is 341 g/mol. The van der Waals surface area contributed by atoms with Crippen molar-refractivity contribution in [1.29, 1.82) is 0 Å². The molecule has 0 aromatic heterocycles. The van der Waals surface area contributed by atoms with Gasteiger partial charge in [0, 0.05) is 5.57 Å². The second-order valence-corrected chi connectivity index (χ2v) is 11.8. The Bertz CT molecular complexity index is 330. The molecule has 0 N–H and O–H groups in total. The van der Waals surface area contributed by atoms with Crippen LogP contribution in [0.3, 0.4) is 0 Å². The first kappa shape index (κ1) is 22.4. The molecule has 0 aromatic carbocycles. The van der Waals surface area contributed by atoms with Gasteiger partial charge in [0.05, 0.1) is 6.23 Å². The molecule has 4 heteroatoms. The summed E-state index contributed by atoms with van der Waals surface area (Å²) in [6, 6.07) is 0. The molecule has 0 radical (unpaired) electrons. The van der Waals surface area contributed by atoms with Crippen molar-refractivity contribution >= 4 is 14.2 Å². The van der Waals surface area contributed by atoms with Crippen LogP contribution in [0, 0.1) is 0 Å². The first-order valence-corrected chi connectivity index (χ1v) is 12.6. The Kier molecular flexibility index (Phi) is 12.4. The third-order valence-corrected chi connectivity index (χ3v) is 7.33. The minimum absolute atomic E-state index is 0.248. The minimum Gasteiger partial charge on any atom is -0.464 e. The maximum Gasteiger partial charge on any atom is 0.332 e. The van der Waals surface area contributed by atoms with E-state index in [1.165, 1.54) is 51.4 Å². The Morgan fingerprint density at radius 2 is 1.43 bits per heavy atom. The largest absolute Gasteiger partial charge is 0.464 e. The van der Waals surface area contributed by atoms with Crippen LogP contribution in [0.5, 0.6) is 0 Å². The van der Waals surface area contributed by atoms with Gasteiger partial charge in [0.15, 0.2) is 8.24 Å². The van der Waals surface area contributed by atoms with Crippen LogP contribution >= 0.6 is 0 Å². The van der Waals surface area contributed by atoms with Crippen LogP contribution in [0.1, 0.15) is 72.1 Å². The summed E-state index contributed by atoms with van der Waals surface area (Å²) >= 11 is 0. The van der Waals surface area contributed by atoms with Gasteiger partial charge in [-0.2, -0.15) is 0 Å². The first-order valence-electron chi connectivity index (χ1n) is 9.42. The van der Waals surface area contributed by atoms with Crippen molar-refractivity contribution in [2.24, 2.45) is 0 Å². The normalized spacial score (nSPS) is 11.7. The van der Waals surface area contributed by atoms with Crippen LogP contribution in [0.25, 0.3) is 0 Å². The molecule has 23 heavy (non-hydrogen) atoms. The van der Waals surface area contributed by atoms with Gasteiger partial charge in [-0.15, -0.1) is 0 Å². The van der Waals surface area contributed by atoms with Gasteiger partial charge in [-0.1, -0.05) is 72.0 Å². The molecule has 0 aliphatic rings. The lowest BCUT2D eigenvalue weighted by Crippen LogP contribution is -2.53. The second kappa shape index (κ2) is 12.8. The van der Waals surface area contributed by atoms with Crippen LogP contribution in [-0.2, 0) is 9.53 Å². The van der Waals surface area contributed by atoms with Crippen molar-refractivity contribution in [1.82, 2.24) is 4.57 Å². The number of carbonyl (C=O) groups excluding carboxylic acids is 1. The molecule has 0 spiro atoms. The van der Waals surface area contributed by atoms with E-state index >= 15 is 0 Å². The topological polar surface area (TPSA) is 29.5 Å². The smallest absolute Gasteiger partial charge is 0.332 e. The Balaban J connectivity index is 4.50. The molecule has 136 valence electrons. The van der Waals surface area contributed by atoms with Gasteiger partial charge in [-0.25, -0.2) is 4.79 Å². The molecule has 0 amide bonds. The van der Waals surface area contributed by atoms with E-state index in [9.17, 15) is 4.79 Å². The summed E-state index contributed by atoms with van der Waals surface area (Å²) in [6.45, 7) is 16.8. The molecule has 0 aliphatic carbocycles. The molecular weight excluding hydrogens is 302 g/mol. The van der Waals surface area contributed by atoms with E-state index in [-0.39, 0.29) is 5.97 Å². The van der Waals surface area contributed by atoms with Gasteiger partial charge in [0.1, 0.15) is 0 Å². The number of hydrogen-bond donors (Lipinski definition) is 0. The number of carbonyl (C=O) groups is 1. The van der Waals surface area contributed by atoms with E-state index in [1.807, 2.05) is 0 Å². The van der Waals surface area contributed by atoms with Crippen LogP contribution in [0.15, 0.2) is 12.2 Å². The summed E-state index contributed by atoms with van der Waals surface area (Å²) in [7, 11) is -1.71. The van der Waals surface area contributed by atoms with Crippen molar-refractivity contribution < 1.29 is 9.53 Å². The van der Waals surface area contributed by atoms with Crippen LogP contribution in [0.2, 0.25) is 13.1 Å². The van der Waals surface area contributed by atoms with E-state index in [2.05, 4.69) is 38.1 Å². The number of hydrogen-bond acceptors (Lipinski definition) is 3. The van der Waals surface area contributed by atoms with E-state index in [0.717, 1.165) is 13.1 Å². The standard InChI is InChI=1S/C19H39NO2Si/c1-7-9-11-13-15-20(16-14-12-10-8-2)23(5,6)17-22-19(21)18(3)4/h3,7-17H2,1-2,4-6H3. The number of esters is 1. The summed E-state index contributed by atoms with van der Waals surface area (Å²) < 4.78 is 8.13. The number of ether oxygens (including phenoxy) is 1. The zero-order valence-corrected chi connectivity index (χ0v) is 17.2. The lowest BCUT2D eigenvalue weighted by atomic mass is 10.2. The summed E-state index contributed by atoms with van der Waals surface area (Å²) in [6.07, 6.45) is 10.9. The minimum atomic E-state index is -1.71. The zero-order chi connectivity index (χ0) is 17.7. The number of nitrogens with zero attached hydrogens (tertiary/aromatic N) is 1. The first-order chi connectivity index (χ1) is 10.8. The molecule has 0 saturated heterocycles. The summed E-state index contributed by atoms with van der Waals surface area (Å²) in [4.78, 5) is 11.7. The van der Waals surface area contributed by atoms with Crippen molar-refractivity contribution in [3.05, 3.63) is 12.2 Å². The molecule has 0 atom stereocenters. The highest BCUT2D eigenvalue weighted by molar-refractivity contribution is 6.74. The third-order valence-electron chi connectivity index (χ3n) is 4.32. The lowest BCUT2D eigenvalue weighted by molar-refractivity contribution is -0.137. The number of rotatable bonds is 14. The van der Waals surface area contributed by atoms with Crippen molar-refractivity contribution in [3.63, 3.8) is 0 Å². The fourth-order valence-electron chi connectivity index (χ4n) is 2.63. The molecule has 0 rings (SSSR count). The van der Waals surface area contributed by atoms with Gasteiger partial charge < -0.3 is 9.30 Å². The second-order valence-electron chi connectivity index (χ2n) is 7.28. The highest BCUT2D eigenvalue weighted by Gasteiger charge is 2.30. The van der Waals surface area contributed by atoms with Gasteiger partial charge >= 0.3 is 5.97 Å². The maximum atomic E-state index is 11.7. The lowest BCUT2D eigenvalue weighted by Gasteiger charge is -2.36. The van der Waals surface area contributed by atoms with Gasteiger partial charge in [-0.3, -0.25) is 0 Å². The molecule has 0 bridgehead atoms. The summed E-state index contributed by atoms with van der Waals surface area (Å²) in [5.41, 5.74) is 0.493. The molecule has 0 saturated carbocycles. The molecule has 0 heterocycles. The van der Waals surface area contributed by atoms with E-state index in [0.29, 0.717) is 11.8 Å². The molecule has 0 aromatic rings. The molecule has 3 nitrogen and oxygen atoms in total. The highest BCUT2D eigenvalue weighted by Crippen LogP contribution is 2.15. The van der Waals surface area contributed by atoms with Crippen LogP contribution in [-0.4, -0.2) is 38.1 Å². The van der Waals surface area contributed by atoms with Crippen molar-refractivity contribution in [3.8, 4) is 0 Å². The van der Waals surface area contributed by atoms with Gasteiger partial charge in [-0.05, 0) is 32.9 Å². The quantitative estimate of drug-likeness (QED) is 0.185. The van der Waals surface area contributed by atoms with Crippen molar-refractivity contribution in [2.45, 2.75) is 85.2 Å². The Labute approximate surface area is 145 Å². The van der Waals surface area contributed by atoms with Crippen LogP contribution in [0.4, 0.5) is 0 Å². The average Bonchev–Trinajstić information content (AvgIpc) is 2.50. The third kappa shape index (κ3) is 10.7. The summed E-state index contributed by atoms with van der Waals surface area (Å²) in [5.74, 6) is -0.248. The Morgan fingerprint density at radius 1 is 0.957 bits per heavy atom. The molecule has 0 fully saturated rings. The van der Waals surface area contributed by atoms with E-state index in [4.69, 9.17) is 4.74 Å². The zero-order valence-electron chi connectivity index (χ0n) is 16.2. The highest BCUT2D eigenvalue weighted by atomic mass is 28.3. The van der Waals surface area contributed by atoms with Crippen LogP contribution < -0.4 is 0 Å². The van der Waals surface area contributed by atoms with E-state index < -0.39 is 8.24 Å². The van der Waals surface area contributed by atoms with Gasteiger partial charge in [0.2, 0.25) is 0 Å². The fourth-order valence-corrected chi connectivity index (χ4v) is 4.83. The molecular formula is C19H39NO2Si. The SMILES string of the molecule is C=C(C)C(=O)OC[Si](C)(C)N(CCCCCC)CCCCCC. The Hall–Kier alpha value is -0.613. The fraction of sp³-hybridized carbons (Fsp3) is 0.842. The van der Waals surface area contributed by atoms with E-state index in [1.54, 1.807) is 6.92 Å². The average molecular weight is 342 g/mol.